The molecular formula is C19H26N2O3S2. The third-order valence-electron chi connectivity index (χ3n) is 4.14. The van der Waals surface area contributed by atoms with Crippen molar-refractivity contribution in [1.29, 1.82) is 0 Å². The van der Waals surface area contributed by atoms with E-state index in [2.05, 4.69) is 10.2 Å². The first-order chi connectivity index (χ1) is 12.2. The summed E-state index contributed by atoms with van der Waals surface area (Å²) in [6, 6.07) is 9.78. The fourth-order valence-electron chi connectivity index (χ4n) is 2.38. The van der Waals surface area contributed by atoms with Crippen LogP contribution in [0.4, 0.5) is 0 Å². The molecule has 0 saturated heterocycles. The third kappa shape index (κ3) is 5.99. The van der Waals surface area contributed by atoms with Crippen molar-refractivity contribution in [3.05, 3.63) is 35.3 Å². The maximum absolute atomic E-state index is 12.1. The largest absolute Gasteiger partial charge is 0.299 e. The van der Waals surface area contributed by atoms with Crippen LogP contribution >= 0.6 is 11.3 Å². The topological polar surface area (TPSA) is 77.0 Å². The molecule has 1 aromatic carbocycles. The van der Waals surface area contributed by atoms with E-state index < -0.39 is 14.6 Å². The van der Waals surface area contributed by atoms with Crippen LogP contribution in [0.1, 0.15) is 51.5 Å². The Kier molecular flexibility index (Phi) is 7.06. The summed E-state index contributed by atoms with van der Waals surface area (Å²) in [5.41, 5.74) is 1.00. The van der Waals surface area contributed by atoms with Gasteiger partial charge in [0.05, 0.1) is 16.9 Å². The second-order valence-corrected chi connectivity index (χ2v) is 11.2. The van der Waals surface area contributed by atoms with Crippen molar-refractivity contribution in [2.24, 2.45) is 0 Å². The van der Waals surface area contributed by atoms with Crippen molar-refractivity contribution in [1.82, 2.24) is 10.2 Å². The summed E-state index contributed by atoms with van der Waals surface area (Å²) >= 11 is 1.44. The Bertz CT molecular complexity index is 822. The van der Waals surface area contributed by atoms with E-state index in [1.54, 1.807) is 20.8 Å². The van der Waals surface area contributed by atoms with Gasteiger partial charge in [-0.1, -0.05) is 48.1 Å². The third-order valence-corrected chi connectivity index (χ3v) is 7.80. The van der Waals surface area contributed by atoms with Crippen molar-refractivity contribution in [3.8, 4) is 10.6 Å². The minimum atomic E-state index is -3.07. The van der Waals surface area contributed by atoms with Gasteiger partial charge in [-0.3, -0.25) is 4.79 Å². The Hall–Kier alpha value is -1.60. The first-order valence-corrected chi connectivity index (χ1v) is 11.3. The predicted octanol–water partition coefficient (Wildman–Crippen LogP) is 4.09. The highest BCUT2D eigenvalue weighted by Gasteiger charge is 2.27. The number of unbranched alkanes of at least 4 members (excludes halogenated alkanes) is 2. The van der Waals surface area contributed by atoms with Gasteiger partial charge in [0.1, 0.15) is 15.8 Å². The number of hydrogen-bond donors (Lipinski definition) is 0. The lowest BCUT2D eigenvalue weighted by Crippen LogP contribution is -2.30. The molecule has 0 atom stereocenters. The van der Waals surface area contributed by atoms with Crippen molar-refractivity contribution in [2.45, 2.75) is 57.6 Å². The molecule has 1 aromatic heterocycles. The number of hydrogen-bond acceptors (Lipinski definition) is 6. The SMILES string of the molecule is CC(C)(C)S(=O)(=O)CCCCCC(=O)Cc1nnc(-c2ccccc2)s1. The molecule has 0 aliphatic rings. The van der Waals surface area contributed by atoms with Gasteiger partial charge in [0, 0.05) is 12.0 Å². The molecule has 0 unspecified atom stereocenters. The average molecular weight is 395 g/mol. The number of carbonyl (C=O) groups excluding carboxylic acids is 1. The van der Waals surface area contributed by atoms with E-state index in [4.69, 9.17) is 0 Å². The lowest BCUT2D eigenvalue weighted by molar-refractivity contribution is -0.118. The molecule has 2 rings (SSSR count). The summed E-state index contributed by atoms with van der Waals surface area (Å²) in [5, 5.41) is 9.80. The summed E-state index contributed by atoms with van der Waals surface area (Å²) in [4.78, 5) is 12.1. The van der Waals surface area contributed by atoms with Crippen LogP contribution in [0.25, 0.3) is 10.6 Å². The molecule has 0 fully saturated rings. The standard InChI is InChI=1S/C19H26N2O3S2/c1-19(2,3)26(23,24)13-9-5-8-12-16(22)14-17-20-21-18(25-17)15-10-6-4-7-11-15/h4,6-7,10-11H,5,8-9,12-14H2,1-3H3. The van der Waals surface area contributed by atoms with Gasteiger partial charge in [-0.25, -0.2) is 8.42 Å². The number of nitrogens with zero attached hydrogens (tertiary/aromatic N) is 2. The summed E-state index contributed by atoms with van der Waals surface area (Å²) < 4.78 is 23.3. The van der Waals surface area contributed by atoms with Gasteiger partial charge in [-0.2, -0.15) is 0 Å². The molecule has 5 nitrogen and oxygen atoms in total. The van der Waals surface area contributed by atoms with Gasteiger partial charge in [-0.05, 0) is 33.6 Å². The van der Waals surface area contributed by atoms with Crippen LogP contribution in [-0.4, -0.2) is 34.9 Å². The quantitative estimate of drug-likeness (QED) is 0.599. The minimum Gasteiger partial charge on any atom is -0.299 e. The number of aromatic nitrogens is 2. The number of benzene rings is 1. The van der Waals surface area contributed by atoms with Crippen molar-refractivity contribution in [3.63, 3.8) is 0 Å². The molecule has 0 saturated carbocycles. The van der Waals surface area contributed by atoms with Crippen LogP contribution in [0.15, 0.2) is 30.3 Å². The van der Waals surface area contributed by atoms with Crippen LogP contribution in [0.3, 0.4) is 0 Å². The van der Waals surface area contributed by atoms with Crippen LogP contribution in [-0.2, 0) is 21.1 Å². The Balaban J connectivity index is 1.72. The smallest absolute Gasteiger partial charge is 0.155 e. The van der Waals surface area contributed by atoms with Crippen molar-refractivity contribution >= 4 is 27.0 Å². The Morgan fingerprint density at radius 2 is 1.73 bits per heavy atom. The highest BCUT2D eigenvalue weighted by Crippen LogP contribution is 2.23. The average Bonchev–Trinajstić information content (AvgIpc) is 3.02. The van der Waals surface area contributed by atoms with E-state index in [0.29, 0.717) is 25.7 Å². The molecule has 0 radical (unpaired) electrons. The molecule has 0 bridgehead atoms. The molecule has 7 heteroatoms. The van der Waals surface area contributed by atoms with E-state index >= 15 is 0 Å². The molecule has 0 amide bonds. The predicted molar refractivity (Wildman–Crippen MR) is 106 cm³/mol. The summed E-state index contributed by atoms with van der Waals surface area (Å²) in [7, 11) is -3.07. The van der Waals surface area contributed by atoms with Crippen LogP contribution in [0, 0.1) is 0 Å². The molecule has 2 aromatic rings. The molecule has 0 aliphatic carbocycles. The molecule has 0 aliphatic heterocycles. The van der Waals surface area contributed by atoms with E-state index in [1.807, 2.05) is 30.3 Å². The summed E-state index contributed by atoms with van der Waals surface area (Å²) in [6.45, 7) is 5.16. The number of rotatable bonds is 9. The van der Waals surface area contributed by atoms with Crippen LogP contribution in [0.5, 0.6) is 0 Å². The summed E-state index contributed by atoms with van der Waals surface area (Å²) in [6.07, 6.45) is 2.81. The normalized spacial score (nSPS) is 12.3. The molecule has 0 spiro atoms. The number of ketones is 1. The number of Topliss-reactive ketones (excluding diaryl/α,β-unsaturated/α-hetero) is 1. The summed E-state index contributed by atoms with van der Waals surface area (Å²) in [5.74, 6) is 0.307. The highest BCUT2D eigenvalue weighted by atomic mass is 32.2. The van der Waals surface area contributed by atoms with E-state index in [0.717, 1.165) is 22.0 Å². The van der Waals surface area contributed by atoms with E-state index in [1.165, 1.54) is 11.3 Å². The van der Waals surface area contributed by atoms with Gasteiger partial charge in [-0.15, -0.1) is 10.2 Å². The number of sulfone groups is 1. The molecule has 0 N–H and O–H groups in total. The van der Waals surface area contributed by atoms with Gasteiger partial charge in [0.2, 0.25) is 0 Å². The maximum Gasteiger partial charge on any atom is 0.155 e. The van der Waals surface area contributed by atoms with E-state index in [-0.39, 0.29) is 11.5 Å². The number of carbonyl (C=O) groups is 1. The second kappa shape index (κ2) is 8.86. The zero-order valence-electron chi connectivity index (χ0n) is 15.6. The molecular weight excluding hydrogens is 368 g/mol. The van der Waals surface area contributed by atoms with Gasteiger partial charge < -0.3 is 0 Å². The van der Waals surface area contributed by atoms with E-state index in [9.17, 15) is 13.2 Å². The van der Waals surface area contributed by atoms with Crippen molar-refractivity contribution in [2.75, 3.05) is 5.75 Å². The van der Waals surface area contributed by atoms with Crippen LogP contribution < -0.4 is 0 Å². The minimum absolute atomic E-state index is 0.124. The fourth-order valence-corrected chi connectivity index (χ4v) is 4.45. The Morgan fingerprint density at radius 3 is 2.38 bits per heavy atom. The lowest BCUT2D eigenvalue weighted by Gasteiger charge is -2.18. The zero-order chi connectivity index (χ0) is 19.2. The molecule has 142 valence electrons. The molecule has 26 heavy (non-hydrogen) atoms. The van der Waals surface area contributed by atoms with Gasteiger partial charge in [0.25, 0.3) is 0 Å². The fraction of sp³-hybridized carbons (Fsp3) is 0.526. The lowest BCUT2D eigenvalue weighted by atomic mass is 10.1. The zero-order valence-corrected chi connectivity index (χ0v) is 17.2. The Morgan fingerprint density at radius 1 is 1.04 bits per heavy atom. The second-order valence-electron chi connectivity index (χ2n) is 7.32. The monoisotopic (exact) mass is 394 g/mol. The van der Waals surface area contributed by atoms with Crippen LogP contribution in [0.2, 0.25) is 0 Å². The van der Waals surface area contributed by atoms with Gasteiger partial charge >= 0.3 is 0 Å². The first kappa shape index (κ1) is 20.7. The first-order valence-electron chi connectivity index (χ1n) is 8.81. The van der Waals surface area contributed by atoms with Crippen molar-refractivity contribution < 1.29 is 13.2 Å². The maximum atomic E-state index is 12.1. The highest BCUT2D eigenvalue weighted by molar-refractivity contribution is 7.92. The Labute approximate surface area is 159 Å². The molecule has 1 heterocycles. The van der Waals surface area contributed by atoms with Gasteiger partial charge in [0.15, 0.2) is 9.84 Å².